The number of halogens is 2. The molecule has 0 aliphatic heterocycles. The lowest BCUT2D eigenvalue weighted by atomic mass is 10.2. The number of hydrogen-bond acceptors (Lipinski definition) is 5. The zero-order chi connectivity index (χ0) is 13.4. The van der Waals surface area contributed by atoms with Gasteiger partial charge in [-0.1, -0.05) is 16.8 Å². The predicted octanol–water partition coefficient (Wildman–Crippen LogP) is 3.84. The highest BCUT2D eigenvalue weighted by atomic mass is 35.5. The maximum atomic E-state index is 13.0. The second kappa shape index (κ2) is 4.64. The van der Waals surface area contributed by atoms with Crippen molar-refractivity contribution in [1.29, 1.82) is 0 Å². The van der Waals surface area contributed by atoms with Crippen LogP contribution < -0.4 is 5.73 Å². The molecule has 0 aliphatic rings. The number of nitrogens with zero attached hydrogens (tertiary/aromatic N) is 2. The van der Waals surface area contributed by atoms with Crippen molar-refractivity contribution in [2.75, 3.05) is 5.73 Å². The molecule has 0 saturated carbocycles. The summed E-state index contributed by atoms with van der Waals surface area (Å²) >= 11 is 7.33. The van der Waals surface area contributed by atoms with Gasteiger partial charge in [-0.25, -0.2) is 4.39 Å². The predicted molar refractivity (Wildman–Crippen MR) is 72.4 cm³/mol. The number of thiophene rings is 1. The summed E-state index contributed by atoms with van der Waals surface area (Å²) in [6.07, 6.45) is 0. The van der Waals surface area contributed by atoms with E-state index in [9.17, 15) is 4.39 Å². The van der Waals surface area contributed by atoms with Crippen molar-refractivity contribution >= 4 is 27.9 Å². The Bertz CT molecular complexity index is 740. The van der Waals surface area contributed by atoms with Crippen molar-refractivity contribution in [3.8, 4) is 22.8 Å². The maximum Gasteiger partial charge on any atom is 0.261 e. The third kappa shape index (κ3) is 2.20. The van der Waals surface area contributed by atoms with E-state index in [4.69, 9.17) is 21.9 Å². The molecule has 2 aromatic heterocycles. The Morgan fingerprint density at radius 1 is 1.26 bits per heavy atom. The number of anilines is 1. The first-order chi connectivity index (χ1) is 9.15. The van der Waals surface area contributed by atoms with Crippen molar-refractivity contribution in [2.45, 2.75) is 0 Å². The van der Waals surface area contributed by atoms with Crippen molar-refractivity contribution < 1.29 is 8.91 Å². The zero-order valence-corrected chi connectivity index (χ0v) is 11.0. The van der Waals surface area contributed by atoms with Gasteiger partial charge in [-0.15, -0.1) is 11.3 Å². The summed E-state index contributed by atoms with van der Waals surface area (Å²) in [5.74, 6) is 0.194. The first-order valence-corrected chi connectivity index (χ1v) is 6.53. The molecule has 2 heterocycles. The molecule has 0 fully saturated rings. The van der Waals surface area contributed by atoms with Crippen LogP contribution in [0.2, 0.25) is 5.02 Å². The van der Waals surface area contributed by atoms with Gasteiger partial charge < -0.3 is 10.3 Å². The van der Waals surface area contributed by atoms with Gasteiger partial charge in [-0.2, -0.15) is 4.98 Å². The lowest BCUT2D eigenvalue weighted by Gasteiger charge is -1.97. The van der Waals surface area contributed by atoms with Crippen molar-refractivity contribution in [2.24, 2.45) is 0 Å². The van der Waals surface area contributed by atoms with Gasteiger partial charge >= 0.3 is 0 Å². The molecule has 3 aromatic rings. The fraction of sp³-hybridized carbons (Fsp3) is 0. The SMILES string of the molecule is Nc1sccc1-c1nc(-c2ccc(F)cc2Cl)no1. The van der Waals surface area contributed by atoms with Crippen molar-refractivity contribution in [3.63, 3.8) is 0 Å². The maximum absolute atomic E-state index is 13.0. The number of rotatable bonds is 2. The average molecular weight is 296 g/mol. The van der Waals surface area contributed by atoms with Gasteiger partial charge in [0.1, 0.15) is 5.82 Å². The van der Waals surface area contributed by atoms with Gasteiger partial charge in [0.15, 0.2) is 0 Å². The molecule has 2 N–H and O–H groups in total. The Balaban J connectivity index is 2.04. The van der Waals surface area contributed by atoms with E-state index in [1.165, 1.54) is 29.5 Å². The van der Waals surface area contributed by atoms with E-state index in [-0.39, 0.29) is 5.02 Å². The summed E-state index contributed by atoms with van der Waals surface area (Å²) in [7, 11) is 0. The number of nitrogens with two attached hydrogens (primary N) is 1. The summed E-state index contributed by atoms with van der Waals surface area (Å²) in [5.41, 5.74) is 6.97. The number of hydrogen-bond donors (Lipinski definition) is 1. The van der Waals surface area contributed by atoms with Crippen LogP contribution in [0.15, 0.2) is 34.2 Å². The normalized spacial score (nSPS) is 10.8. The monoisotopic (exact) mass is 295 g/mol. The zero-order valence-electron chi connectivity index (χ0n) is 9.43. The smallest absolute Gasteiger partial charge is 0.261 e. The second-order valence-corrected chi connectivity index (χ2v) is 5.10. The highest BCUT2D eigenvalue weighted by Crippen LogP contribution is 2.32. The summed E-state index contributed by atoms with van der Waals surface area (Å²) in [4.78, 5) is 4.22. The first-order valence-electron chi connectivity index (χ1n) is 5.27. The van der Waals surface area contributed by atoms with E-state index >= 15 is 0 Å². The Morgan fingerprint density at radius 2 is 2.11 bits per heavy atom. The minimum Gasteiger partial charge on any atom is -0.390 e. The molecule has 96 valence electrons. The van der Waals surface area contributed by atoms with Crippen molar-refractivity contribution in [1.82, 2.24) is 10.1 Å². The van der Waals surface area contributed by atoms with Crippen LogP contribution in [-0.4, -0.2) is 10.1 Å². The summed E-state index contributed by atoms with van der Waals surface area (Å²) in [5, 5.41) is 6.49. The molecule has 0 amide bonds. The van der Waals surface area contributed by atoms with Crippen LogP contribution in [-0.2, 0) is 0 Å². The molecule has 7 heteroatoms. The van der Waals surface area contributed by atoms with E-state index in [1.54, 1.807) is 6.07 Å². The second-order valence-electron chi connectivity index (χ2n) is 3.75. The molecule has 0 bridgehead atoms. The molecule has 0 saturated heterocycles. The highest BCUT2D eigenvalue weighted by Gasteiger charge is 2.15. The van der Waals surface area contributed by atoms with Crippen LogP contribution in [0.3, 0.4) is 0 Å². The fourth-order valence-electron chi connectivity index (χ4n) is 1.61. The number of aromatic nitrogens is 2. The topological polar surface area (TPSA) is 64.9 Å². The van der Waals surface area contributed by atoms with Gasteiger partial charge in [0.25, 0.3) is 5.89 Å². The highest BCUT2D eigenvalue weighted by molar-refractivity contribution is 7.14. The molecule has 0 aliphatic carbocycles. The molecular formula is C12H7ClFN3OS. The lowest BCUT2D eigenvalue weighted by molar-refractivity contribution is 0.432. The molecule has 0 unspecified atom stereocenters. The molecule has 0 atom stereocenters. The molecule has 0 spiro atoms. The van der Waals surface area contributed by atoms with E-state index in [0.29, 0.717) is 27.8 Å². The van der Waals surface area contributed by atoms with E-state index in [1.807, 2.05) is 5.38 Å². The summed E-state index contributed by atoms with van der Waals surface area (Å²) < 4.78 is 18.1. The molecule has 4 nitrogen and oxygen atoms in total. The lowest BCUT2D eigenvalue weighted by Crippen LogP contribution is -1.85. The van der Waals surface area contributed by atoms with Crippen molar-refractivity contribution in [3.05, 3.63) is 40.5 Å². The third-order valence-corrected chi connectivity index (χ3v) is 3.58. The summed E-state index contributed by atoms with van der Waals surface area (Å²) in [6.45, 7) is 0. The third-order valence-electron chi connectivity index (χ3n) is 2.52. The molecule has 0 radical (unpaired) electrons. The molecular weight excluding hydrogens is 289 g/mol. The van der Waals surface area contributed by atoms with Crippen LogP contribution >= 0.6 is 22.9 Å². The molecule has 3 rings (SSSR count). The average Bonchev–Trinajstić information content (AvgIpc) is 2.97. The van der Waals surface area contributed by atoms with Crippen LogP contribution in [0, 0.1) is 5.82 Å². The van der Waals surface area contributed by atoms with Crippen LogP contribution in [0.4, 0.5) is 9.39 Å². The van der Waals surface area contributed by atoms with E-state index < -0.39 is 5.82 Å². The van der Waals surface area contributed by atoms with Gasteiger partial charge in [-0.3, -0.25) is 0 Å². The van der Waals surface area contributed by atoms with Crippen LogP contribution in [0.1, 0.15) is 0 Å². The van der Waals surface area contributed by atoms with E-state index in [2.05, 4.69) is 10.1 Å². The van der Waals surface area contributed by atoms with Gasteiger partial charge in [0, 0.05) is 5.56 Å². The quantitative estimate of drug-likeness (QED) is 0.780. The van der Waals surface area contributed by atoms with Gasteiger partial charge in [-0.05, 0) is 29.6 Å². The largest absolute Gasteiger partial charge is 0.390 e. The Labute approximate surface area is 116 Å². The number of nitrogen functional groups attached to an aromatic ring is 1. The number of benzene rings is 1. The van der Waals surface area contributed by atoms with Crippen LogP contribution in [0.25, 0.3) is 22.8 Å². The van der Waals surface area contributed by atoms with Crippen LogP contribution in [0.5, 0.6) is 0 Å². The first kappa shape index (κ1) is 12.1. The fourth-order valence-corrected chi connectivity index (χ4v) is 2.50. The Kier molecular flexibility index (Phi) is 2.96. The molecule has 1 aromatic carbocycles. The minimum absolute atomic E-state index is 0.227. The molecule has 19 heavy (non-hydrogen) atoms. The Hall–Kier alpha value is -1.92. The summed E-state index contributed by atoms with van der Waals surface area (Å²) in [6, 6.07) is 5.79. The minimum atomic E-state index is -0.417. The van der Waals surface area contributed by atoms with E-state index in [0.717, 1.165) is 0 Å². The van der Waals surface area contributed by atoms with Gasteiger partial charge in [0.05, 0.1) is 15.6 Å². The van der Waals surface area contributed by atoms with Gasteiger partial charge in [0.2, 0.25) is 5.82 Å². The Morgan fingerprint density at radius 3 is 2.79 bits per heavy atom. The standard InChI is InChI=1S/C12H7ClFN3OS/c13-9-5-6(14)1-2-7(9)11-16-12(18-17-11)8-3-4-19-10(8)15/h1-5H,15H2.